The van der Waals surface area contributed by atoms with E-state index >= 15 is 0 Å². The Morgan fingerprint density at radius 3 is 2.87 bits per heavy atom. The largest absolute Gasteiger partial charge is 0.465 e. The summed E-state index contributed by atoms with van der Waals surface area (Å²) < 4.78 is 4.84. The van der Waals surface area contributed by atoms with Gasteiger partial charge in [0.1, 0.15) is 0 Å². The first-order valence-corrected chi connectivity index (χ1v) is 5.66. The molecule has 15 heavy (non-hydrogen) atoms. The van der Waals surface area contributed by atoms with Gasteiger partial charge in [-0.3, -0.25) is 4.79 Å². The molecule has 2 N–H and O–H groups in total. The van der Waals surface area contributed by atoms with E-state index in [9.17, 15) is 9.90 Å². The number of cyclic esters (lactones) is 1. The molecule has 0 amide bonds. The molecule has 1 fully saturated rings. The fourth-order valence-corrected chi connectivity index (χ4v) is 2.00. The lowest BCUT2D eigenvalue weighted by Crippen LogP contribution is -2.31. The maximum Gasteiger partial charge on any atom is 0.312 e. The molecule has 1 heterocycles. The van der Waals surface area contributed by atoms with Crippen LogP contribution in [0.25, 0.3) is 0 Å². The predicted octanol–water partition coefficient (Wildman–Crippen LogP) is 0.709. The predicted molar refractivity (Wildman–Crippen MR) is 55.2 cm³/mol. The minimum atomic E-state index is -0.663. The normalized spacial score (nSPS) is 27.8. The molecule has 88 valence electrons. The van der Waals surface area contributed by atoms with Crippen LogP contribution in [0, 0.1) is 11.8 Å². The van der Waals surface area contributed by atoms with Gasteiger partial charge in [-0.15, -0.1) is 0 Å². The Balaban J connectivity index is 2.41. The Hall–Kier alpha value is -0.610. The third kappa shape index (κ3) is 3.18. The van der Waals surface area contributed by atoms with Crippen molar-refractivity contribution in [3.63, 3.8) is 0 Å². The van der Waals surface area contributed by atoms with Gasteiger partial charge in [0.05, 0.1) is 25.2 Å². The second-order valence-electron chi connectivity index (χ2n) is 4.16. The minimum absolute atomic E-state index is 0.0960. The third-order valence-electron chi connectivity index (χ3n) is 2.97. The highest BCUT2D eigenvalue weighted by Gasteiger charge is 2.40. The molecule has 0 aromatic heterocycles. The highest BCUT2D eigenvalue weighted by atomic mass is 16.5. The van der Waals surface area contributed by atoms with Crippen molar-refractivity contribution in [3.8, 4) is 0 Å². The van der Waals surface area contributed by atoms with Crippen molar-refractivity contribution in [1.82, 2.24) is 0 Å². The smallest absolute Gasteiger partial charge is 0.312 e. The van der Waals surface area contributed by atoms with E-state index in [2.05, 4.69) is 6.92 Å². The summed E-state index contributed by atoms with van der Waals surface area (Å²) in [5.74, 6) is -1.11. The molecule has 1 aliphatic rings. The lowest BCUT2D eigenvalue weighted by molar-refractivity contribution is -0.144. The molecular formula is C11H20O4. The lowest BCUT2D eigenvalue weighted by atomic mass is 9.88. The molecule has 0 saturated carbocycles. The first kappa shape index (κ1) is 12.5. The van der Waals surface area contributed by atoms with Crippen LogP contribution >= 0.6 is 0 Å². The number of rotatable bonds is 6. The van der Waals surface area contributed by atoms with Gasteiger partial charge >= 0.3 is 5.97 Å². The first-order chi connectivity index (χ1) is 7.20. The van der Waals surface area contributed by atoms with Crippen molar-refractivity contribution in [2.45, 2.75) is 38.7 Å². The summed E-state index contributed by atoms with van der Waals surface area (Å²) in [5.41, 5.74) is 0. The molecule has 0 aromatic carbocycles. The number of hydrogen-bond acceptors (Lipinski definition) is 4. The zero-order valence-corrected chi connectivity index (χ0v) is 9.19. The molecule has 3 unspecified atom stereocenters. The summed E-state index contributed by atoms with van der Waals surface area (Å²) in [4.78, 5) is 11.3. The van der Waals surface area contributed by atoms with Crippen molar-refractivity contribution in [2.75, 3.05) is 13.2 Å². The molecule has 0 bridgehead atoms. The van der Waals surface area contributed by atoms with Gasteiger partial charge in [-0.2, -0.15) is 0 Å². The van der Waals surface area contributed by atoms with Gasteiger partial charge in [0.2, 0.25) is 0 Å². The fourth-order valence-electron chi connectivity index (χ4n) is 2.00. The van der Waals surface area contributed by atoms with Crippen LogP contribution in [0.5, 0.6) is 0 Å². The van der Waals surface area contributed by atoms with E-state index in [0.717, 1.165) is 19.3 Å². The van der Waals surface area contributed by atoms with Gasteiger partial charge in [0, 0.05) is 5.92 Å². The molecule has 4 nitrogen and oxygen atoms in total. The number of aliphatic hydroxyl groups excluding tert-OH is 2. The molecule has 4 heteroatoms. The van der Waals surface area contributed by atoms with Crippen LogP contribution in [0.15, 0.2) is 0 Å². The zero-order chi connectivity index (χ0) is 11.3. The molecule has 1 aliphatic heterocycles. The summed E-state index contributed by atoms with van der Waals surface area (Å²) in [6.07, 6.45) is 3.01. The second-order valence-corrected chi connectivity index (χ2v) is 4.16. The standard InChI is InChI=1S/C11H20O4/c1-2-3-4-5-9(13)10-8(6-12)7-15-11(10)14/h8-10,12-13H,2-7H2,1H3. The van der Waals surface area contributed by atoms with Crippen LogP contribution in [0.4, 0.5) is 0 Å². The van der Waals surface area contributed by atoms with Crippen molar-refractivity contribution in [2.24, 2.45) is 11.8 Å². The van der Waals surface area contributed by atoms with E-state index < -0.39 is 12.0 Å². The Labute approximate surface area is 90.2 Å². The van der Waals surface area contributed by atoms with Crippen LogP contribution < -0.4 is 0 Å². The number of esters is 1. The fraction of sp³-hybridized carbons (Fsp3) is 0.909. The highest BCUT2D eigenvalue weighted by Crippen LogP contribution is 2.27. The highest BCUT2D eigenvalue weighted by molar-refractivity contribution is 5.75. The van der Waals surface area contributed by atoms with Gasteiger partial charge in [-0.25, -0.2) is 0 Å². The first-order valence-electron chi connectivity index (χ1n) is 5.66. The van der Waals surface area contributed by atoms with E-state index in [1.54, 1.807) is 0 Å². The molecule has 0 aliphatic carbocycles. The number of hydrogen-bond donors (Lipinski definition) is 2. The van der Waals surface area contributed by atoms with Gasteiger partial charge in [0.15, 0.2) is 0 Å². The topological polar surface area (TPSA) is 66.8 Å². The molecular weight excluding hydrogens is 196 g/mol. The number of unbranched alkanes of at least 4 members (excludes halogenated alkanes) is 2. The van der Waals surface area contributed by atoms with Crippen molar-refractivity contribution in [3.05, 3.63) is 0 Å². The van der Waals surface area contributed by atoms with E-state index in [4.69, 9.17) is 9.84 Å². The van der Waals surface area contributed by atoms with E-state index in [1.165, 1.54) is 0 Å². The average molecular weight is 216 g/mol. The number of carbonyl (C=O) groups is 1. The van der Waals surface area contributed by atoms with E-state index in [-0.39, 0.29) is 25.1 Å². The van der Waals surface area contributed by atoms with Gasteiger partial charge in [-0.05, 0) is 6.42 Å². The second kappa shape index (κ2) is 6.08. The third-order valence-corrected chi connectivity index (χ3v) is 2.97. The SMILES string of the molecule is CCCCCC(O)C1C(=O)OCC1CO. The maximum atomic E-state index is 11.3. The summed E-state index contributed by atoms with van der Waals surface area (Å²) in [6.45, 7) is 2.23. The lowest BCUT2D eigenvalue weighted by Gasteiger charge is -2.18. The molecule has 1 rings (SSSR count). The Kier molecular flexibility index (Phi) is 5.05. The Morgan fingerprint density at radius 2 is 2.27 bits per heavy atom. The number of ether oxygens (including phenoxy) is 1. The maximum absolute atomic E-state index is 11.3. The molecule has 0 aromatic rings. The van der Waals surface area contributed by atoms with Crippen LogP contribution in [0.3, 0.4) is 0 Å². The monoisotopic (exact) mass is 216 g/mol. The zero-order valence-electron chi connectivity index (χ0n) is 9.19. The minimum Gasteiger partial charge on any atom is -0.465 e. The van der Waals surface area contributed by atoms with E-state index in [1.807, 2.05) is 0 Å². The average Bonchev–Trinajstić information content (AvgIpc) is 2.59. The molecule has 1 saturated heterocycles. The van der Waals surface area contributed by atoms with Crippen LogP contribution in [-0.4, -0.2) is 35.5 Å². The van der Waals surface area contributed by atoms with Crippen molar-refractivity contribution < 1.29 is 19.7 Å². The Bertz CT molecular complexity index is 205. The summed E-state index contributed by atoms with van der Waals surface area (Å²) >= 11 is 0. The number of aliphatic hydroxyl groups is 2. The van der Waals surface area contributed by atoms with Gasteiger partial charge in [0.25, 0.3) is 0 Å². The van der Waals surface area contributed by atoms with Crippen LogP contribution in [0.1, 0.15) is 32.6 Å². The van der Waals surface area contributed by atoms with Crippen molar-refractivity contribution in [1.29, 1.82) is 0 Å². The van der Waals surface area contributed by atoms with Gasteiger partial charge in [-0.1, -0.05) is 26.2 Å². The molecule has 3 atom stereocenters. The number of carbonyl (C=O) groups excluding carboxylic acids is 1. The van der Waals surface area contributed by atoms with E-state index in [0.29, 0.717) is 6.42 Å². The van der Waals surface area contributed by atoms with Crippen LogP contribution in [-0.2, 0) is 9.53 Å². The van der Waals surface area contributed by atoms with Crippen molar-refractivity contribution >= 4 is 5.97 Å². The van der Waals surface area contributed by atoms with Gasteiger partial charge < -0.3 is 14.9 Å². The quantitative estimate of drug-likeness (QED) is 0.507. The molecule has 0 radical (unpaired) electrons. The summed E-state index contributed by atoms with van der Waals surface area (Å²) in [5, 5.41) is 18.9. The Morgan fingerprint density at radius 1 is 1.53 bits per heavy atom. The molecule has 0 spiro atoms. The summed E-state index contributed by atoms with van der Waals surface area (Å²) in [7, 11) is 0. The summed E-state index contributed by atoms with van der Waals surface area (Å²) in [6, 6.07) is 0. The van der Waals surface area contributed by atoms with Crippen LogP contribution in [0.2, 0.25) is 0 Å².